The van der Waals surface area contributed by atoms with Gasteiger partial charge in [0.1, 0.15) is 16.5 Å². The number of aryl methyl sites for hydroxylation is 2. The summed E-state index contributed by atoms with van der Waals surface area (Å²) < 4.78 is 43.0. The van der Waals surface area contributed by atoms with E-state index in [9.17, 15) is 12.8 Å². The molecule has 0 aliphatic carbocycles. The van der Waals surface area contributed by atoms with E-state index in [1.54, 1.807) is 24.0 Å². The van der Waals surface area contributed by atoms with Crippen LogP contribution >= 0.6 is 0 Å². The van der Waals surface area contributed by atoms with Gasteiger partial charge in [-0.15, -0.1) is 0 Å². The van der Waals surface area contributed by atoms with Gasteiger partial charge in [-0.1, -0.05) is 6.92 Å². The van der Waals surface area contributed by atoms with Crippen molar-refractivity contribution in [1.29, 1.82) is 0 Å². The molecule has 0 radical (unpaired) electrons. The zero-order chi connectivity index (χ0) is 22.0. The third kappa shape index (κ3) is 4.45. The van der Waals surface area contributed by atoms with Crippen molar-refractivity contribution in [3.8, 4) is 0 Å². The predicted octanol–water partition coefficient (Wildman–Crippen LogP) is 3.80. The van der Waals surface area contributed by atoms with Crippen LogP contribution < -0.4 is 5.32 Å². The lowest BCUT2D eigenvalue weighted by molar-refractivity contribution is 0.390. The molecule has 0 bridgehead atoms. The van der Waals surface area contributed by atoms with Gasteiger partial charge >= 0.3 is 0 Å². The van der Waals surface area contributed by atoms with E-state index in [0.717, 1.165) is 19.0 Å². The summed E-state index contributed by atoms with van der Waals surface area (Å²) >= 11 is 0. The normalized spacial score (nSPS) is 17.2. The molecule has 3 aromatic rings. The number of nitrogens with zero attached hydrogens (tertiary/aromatic N) is 5. The summed E-state index contributed by atoms with van der Waals surface area (Å²) in [5.41, 5.74) is 1.89. The molecule has 4 heterocycles. The first-order chi connectivity index (χ1) is 14.9. The van der Waals surface area contributed by atoms with Crippen molar-refractivity contribution in [1.82, 2.24) is 24.1 Å². The minimum absolute atomic E-state index is 0.258. The quantitative estimate of drug-likeness (QED) is 0.596. The first-order valence-electron chi connectivity index (χ1n) is 10.3. The van der Waals surface area contributed by atoms with Gasteiger partial charge in [0.15, 0.2) is 0 Å². The summed E-state index contributed by atoms with van der Waals surface area (Å²) in [6.07, 6.45) is 6.75. The molecule has 10 heteroatoms. The van der Waals surface area contributed by atoms with Crippen molar-refractivity contribution in [3.63, 3.8) is 0 Å². The first kappa shape index (κ1) is 21.4. The molecule has 8 nitrogen and oxygen atoms in total. The lowest BCUT2D eigenvalue weighted by Crippen LogP contribution is -2.31. The van der Waals surface area contributed by atoms with Gasteiger partial charge in [-0.2, -0.15) is 9.40 Å². The van der Waals surface area contributed by atoms with E-state index in [1.807, 2.05) is 19.1 Å². The van der Waals surface area contributed by atoms with Gasteiger partial charge in [-0.25, -0.2) is 17.8 Å². The van der Waals surface area contributed by atoms with Crippen molar-refractivity contribution < 1.29 is 12.8 Å². The smallest absolute Gasteiger partial charge is 0.247 e. The molecule has 1 aliphatic rings. The minimum Gasteiger partial charge on any atom is -0.339 e. The summed E-state index contributed by atoms with van der Waals surface area (Å²) in [6, 6.07) is 6.18. The van der Waals surface area contributed by atoms with Crippen LogP contribution in [0.3, 0.4) is 0 Å². The highest BCUT2D eigenvalue weighted by Crippen LogP contribution is 2.36. The van der Waals surface area contributed by atoms with Gasteiger partial charge in [0, 0.05) is 19.3 Å². The number of halogens is 1. The van der Waals surface area contributed by atoms with E-state index in [-0.39, 0.29) is 10.9 Å². The molecule has 0 spiro atoms. The Hall–Kier alpha value is -2.85. The lowest BCUT2D eigenvalue weighted by atomic mass is 10.1. The Balaban J connectivity index is 1.54. The van der Waals surface area contributed by atoms with Crippen LogP contribution in [0.15, 0.2) is 47.8 Å². The zero-order valence-corrected chi connectivity index (χ0v) is 18.3. The summed E-state index contributed by atoms with van der Waals surface area (Å²) in [5.74, 6) is 0.0950. The molecule has 164 valence electrons. The number of anilines is 2. The Labute approximate surface area is 181 Å². The first-order valence-corrected chi connectivity index (χ1v) is 11.7. The highest BCUT2D eigenvalue weighted by molar-refractivity contribution is 7.89. The maximum atomic E-state index is 13.4. The lowest BCUT2D eigenvalue weighted by Gasteiger charge is -2.23. The summed E-state index contributed by atoms with van der Waals surface area (Å²) in [7, 11) is -3.68. The summed E-state index contributed by atoms with van der Waals surface area (Å²) in [6.45, 7) is 4.88. The molecule has 31 heavy (non-hydrogen) atoms. The molecule has 0 aromatic carbocycles. The number of pyridine rings is 2. The molecule has 3 aromatic heterocycles. The van der Waals surface area contributed by atoms with E-state index < -0.39 is 15.8 Å². The number of aromatic nitrogens is 4. The van der Waals surface area contributed by atoms with Crippen LogP contribution in [-0.4, -0.2) is 39.0 Å². The molecule has 4 rings (SSSR count). The van der Waals surface area contributed by atoms with Crippen LogP contribution in [0.25, 0.3) is 0 Å². The van der Waals surface area contributed by atoms with Crippen molar-refractivity contribution in [2.75, 3.05) is 11.9 Å². The van der Waals surface area contributed by atoms with Crippen LogP contribution in [0, 0.1) is 12.7 Å². The molecular weight excluding hydrogens is 419 g/mol. The fourth-order valence-corrected chi connectivity index (χ4v) is 5.66. The fraction of sp³-hybridized carbons (Fsp3) is 0.381. The van der Waals surface area contributed by atoms with Gasteiger partial charge in [0.2, 0.25) is 10.0 Å². The van der Waals surface area contributed by atoms with Crippen LogP contribution in [0.5, 0.6) is 0 Å². The van der Waals surface area contributed by atoms with E-state index >= 15 is 0 Å². The second-order valence-electron chi connectivity index (χ2n) is 7.57. The van der Waals surface area contributed by atoms with Crippen molar-refractivity contribution >= 4 is 21.5 Å². The van der Waals surface area contributed by atoms with Crippen molar-refractivity contribution in [2.24, 2.45) is 0 Å². The van der Waals surface area contributed by atoms with Gasteiger partial charge in [-0.05, 0) is 50.5 Å². The number of nitrogens with one attached hydrogen (secondary N) is 1. The largest absolute Gasteiger partial charge is 0.339 e. The SMILES string of the molecule is CCCn1cc(S(=O)(=O)N2CCCC2c2ccc(Nc3ccc(F)cn3)cn2)c(C)n1. The Kier molecular flexibility index (Phi) is 6.01. The fourth-order valence-electron chi connectivity index (χ4n) is 3.82. The number of hydrogen-bond acceptors (Lipinski definition) is 6. The molecule has 1 N–H and O–H groups in total. The number of hydrogen-bond donors (Lipinski definition) is 1. The molecule has 1 aliphatic heterocycles. The average molecular weight is 445 g/mol. The molecule has 1 unspecified atom stereocenters. The maximum absolute atomic E-state index is 13.4. The highest BCUT2D eigenvalue weighted by Gasteiger charge is 2.38. The Morgan fingerprint density at radius 1 is 1.19 bits per heavy atom. The van der Waals surface area contributed by atoms with Gasteiger partial charge in [0.05, 0.1) is 35.5 Å². The monoisotopic (exact) mass is 444 g/mol. The van der Waals surface area contributed by atoms with Crippen molar-refractivity contribution in [3.05, 3.63) is 60.1 Å². The molecule has 1 fully saturated rings. The van der Waals surface area contributed by atoms with E-state index in [4.69, 9.17) is 0 Å². The van der Waals surface area contributed by atoms with Crippen LogP contribution in [0.1, 0.15) is 43.6 Å². The predicted molar refractivity (Wildman–Crippen MR) is 115 cm³/mol. The highest BCUT2D eigenvalue weighted by atomic mass is 32.2. The average Bonchev–Trinajstić information content (AvgIpc) is 3.38. The minimum atomic E-state index is -3.68. The Bertz CT molecular complexity index is 1150. The third-order valence-corrected chi connectivity index (χ3v) is 7.28. The van der Waals surface area contributed by atoms with E-state index in [2.05, 4.69) is 20.4 Å². The summed E-state index contributed by atoms with van der Waals surface area (Å²) in [4.78, 5) is 8.72. The van der Waals surface area contributed by atoms with Crippen molar-refractivity contribution in [2.45, 2.75) is 50.6 Å². The van der Waals surface area contributed by atoms with Crippen LogP contribution in [0.4, 0.5) is 15.9 Å². The van der Waals surface area contributed by atoms with Crippen LogP contribution in [-0.2, 0) is 16.6 Å². The van der Waals surface area contributed by atoms with Gasteiger partial charge in [-0.3, -0.25) is 9.67 Å². The van der Waals surface area contributed by atoms with Gasteiger partial charge in [0.25, 0.3) is 0 Å². The Morgan fingerprint density at radius 3 is 2.71 bits per heavy atom. The third-order valence-electron chi connectivity index (χ3n) is 5.27. The molecule has 1 saturated heterocycles. The second-order valence-corrected chi connectivity index (χ2v) is 9.43. The van der Waals surface area contributed by atoms with E-state index in [1.165, 1.54) is 16.4 Å². The molecule has 1 atom stereocenters. The Morgan fingerprint density at radius 2 is 2.03 bits per heavy atom. The number of sulfonamides is 1. The molecule has 0 saturated carbocycles. The molecule has 0 amide bonds. The number of rotatable bonds is 7. The summed E-state index contributed by atoms with van der Waals surface area (Å²) in [5, 5.41) is 7.41. The van der Waals surface area contributed by atoms with E-state index in [0.29, 0.717) is 42.4 Å². The topological polar surface area (TPSA) is 93.0 Å². The second kappa shape index (κ2) is 8.72. The standard InChI is InChI=1S/C21H25FN6O2S/c1-3-10-27-14-20(15(2)26-27)31(29,30)28-11-4-5-19(28)18-8-7-17(13-23-18)25-21-9-6-16(22)12-24-21/h6-9,12-14,19H,3-5,10-11H2,1-2H3,(H,24,25). The maximum Gasteiger partial charge on any atom is 0.247 e. The molecular formula is C21H25FN6O2S. The van der Waals surface area contributed by atoms with Gasteiger partial charge < -0.3 is 5.32 Å². The van der Waals surface area contributed by atoms with Crippen LogP contribution in [0.2, 0.25) is 0 Å². The zero-order valence-electron chi connectivity index (χ0n) is 17.5.